The molecule has 0 amide bonds. The zero-order valence-electron chi connectivity index (χ0n) is 9.23. The molecule has 4 heteroatoms. The van der Waals surface area contributed by atoms with E-state index in [2.05, 4.69) is 28.7 Å². The van der Waals surface area contributed by atoms with Crippen LogP contribution in [0.25, 0.3) is 0 Å². The monoisotopic (exact) mass is 344 g/mol. The van der Waals surface area contributed by atoms with Crippen LogP contribution in [0.1, 0.15) is 29.6 Å². The third-order valence-electron chi connectivity index (χ3n) is 2.66. The fourth-order valence-electron chi connectivity index (χ4n) is 1.81. The summed E-state index contributed by atoms with van der Waals surface area (Å²) in [4.78, 5) is 11.1. The van der Waals surface area contributed by atoms with Gasteiger partial charge in [-0.1, -0.05) is 6.08 Å². The second-order valence-corrected chi connectivity index (χ2v) is 5.21. The minimum absolute atomic E-state index is 0.00177. The van der Waals surface area contributed by atoms with Crippen LogP contribution in [0.15, 0.2) is 30.4 Å². The minimum Gasteiger partial charge on any atom is -0.485 e. The Kier molecular flexibility index (Phi) is 4.04. The summed E-state index contributed by atoms with van der Waals surface area (Å²) in [5, 5.41) is 9.12. The van der Waals surface area contributed by atoms with Crippen LogP contribution in [-0.2, 0) is 0 Å². The predicted octanol–water partition coefficient (Wildman–Crippen LogP) is 3.48. The highest BCUT2D eigenvalue weighted by atomic mass is 127. The Morgan fingerprint density at radius 2 is 2.29 bits per heavy atom. The number of benzene rings is 1. The van der Waals surface area contributed by atoms with Gasteiger partial charge in [-0.3, -0.25) is 0 Å². The Morgan fingerprint density at radius 3 is 2.94 bits per heavy atom. The number of halogens is 1. The van der Waals surface area contributed by atoms with Crippen molar-refractivity contribution < 1.29 is 14.6 Å². The van der Waals surface area contributed by atoms with Crippen LogP contribution >= 0.6 is 22.6 Å². The molecule has 0 spiro atoms. The van der Waals surface area contributed by atoms with E-state index < -0.39 is 5.97 Å². The molecule has 3 nitrogen and oxygen atoms in total. The molecule has 1 aromatic rings. The Morgan fingerprint density at radius 1 is 1.47 bits per heavy atom. The molecule has 0 bridgehead atoms. The van der Waals surface area contributed by atoms with Gasteiger partial charge in [0.25, 0.3) is 0 Å². The molecular formula is C13H13IO3. The van der Waals surface area contributed by atoms with Crippen LogP contribution in [0, 0.1) is 3.57 Å². The molecule has 0 fully saturated rings. The molecule has 0 saturated heterocycles. The summed E-state index contributed by atoms with van der Waals surface area (Å²) in [6.07, 6.45) is 7.21. The van der Waals surface area contributed by atoms with E-state index in [1.54, 1.807) is 12.1 Å². The van der Waals surface area contributed by atoms with Gasteiger partial charge in [0, 0.05) is 3.57 Å². The maximum atomic E-state index is 11.1. The molecule has 0 heterocycles. The summed E-state index contributed by atoms with van der Waals surface area (Å²) in [7, 11) is 0. The molecule has 1 aliphatic rings. The third kappa shape index (κ3) is 3.21. The van der Waals surface area contributed by atoms with E-state index in [9.17, 15) is 4.79 Å². The zero-order chi connectivity index (χ0) is 12.3. The van der Waals surface area contributed by atoms with Crippen molar-refractivity contribution in [3.63, 3.8) is 0 Å². The van der Waals surface area contributed by atoms with Crippen molar-refractivity contribution in [2.45, 2.75) is 25.4 Å². The van der Waals surface area contributed by atoms with Gasteiger partial charge in [0.15, 0.2) is 0 Å². The second-order valence-electron chi connectivity index (χ2n) is 3.96. The molecule has 0 aromatic heterocycles. The van der Waals surface area contributed by atoms with Gasteiger partial charge in [0.1, 0.15) is 17.4 Å². The Bertz CT molecular complexity index is 454. The molecule has 1 aliphatic carbocycles. The first-order valence-corrected chi connectivity index (χ1v) is 6.61. The normalized spacial score (nSPS) is 19.0. The molecular weight excluding hydrogens is 331 g/mol. The van der Waals surface area contributed by atoms with E-state index in [4.69, 9.17) is 9.84 Å². The second kappa shape index (κ2) is 5.53. The average molecular weight is 344 g/mol. The van der Waals surface area contributed by atoms with Gasteiger partial charge in [-0.05, 0) is 66.1 Å². The van der Waals surface area contributed by atoms with Crippen LogP contribution in [-0.4, -0.2) is 17.2 Å². The number of hydrogen-bond acceptors (Lipinski definition) is 2. The fourth-order valence-corrected chi connectivity index (χ4v) is 2.31. The molecule has 1 unspecified atom stereocenters. The third-order valence-corrected chi connectivity index (χ3v) is 3.33. The molecule has 1 N–H and O–H groups in total. The van der Waals surface area contributed by atoms with E-state index in [1.165, 1.54) is 0 Å². The summed E-state index contributed by atoms with van der Waals surface area (Å²) in [6, 6.07) is 5.22. The quantitative estimate of drug-likeness (QED) is 0.675. The first kappa shape index (κ1) is 12.4. The fraction of sp³-hybridized carbons (Fsp3) is 0.308. The number of rotatable bonds is 3. The van der Waals surface area contributed by atoms with Gasteiger partial charge in [0.2, 0.25) is 0 Å². The van der Waals surface area contributed by atoms with E-state index in [1.807, 2.05) is 12.1 Å². The van der Waals surface area contributed by atoms with E-state index in [-0.39, 0.29) is 11.7 Å². The van der Waals surface area contributed by atoms with Crippen molar-refractivity contribution in [1.29, 1.82) is 0 Å². The van der Waals surface area contributed by atoms with Crippen molar-refractivity contribution in [1.82, 2.24) is 0 Å². The lowest BCUT2D eigenvalue weighted by Gasteiger charge is -2.19. The molecule has 1 aromatic carbocycles. The standard InChI is InChI=1S/C13H13IO3/c14-9-6-7-12(11(8-9)13(15)16)17-10-4-2-1-3-5-10/h2,4,6-8,10H,1,3,5H2,(H,15,16). The summed E-state index contributed by atoms with van der Waals surface area (Å²) in [6.45, 7) is 0. The summed E-state index contributed by atoms with van der Waals surface area (Å²) < 4.78 is 6.63. The highest BCUT2D eigenvalue weighted by Gasteiger charge is 2.16. The molecule has 1 atom stereocenters. The van der Waals surface area contributed by atoms with Crippen LogP contribution in [0.5, 0.6) is 5.75 Å². The number of hydrogen-bond donors (Lipinski definition) is 1. The lowest BCUT2D eigenvalue weighted by Crippen LogP contribution is -2.17. The van der Waals surface area contributed by atoms with Gasteiger partial charge >= 0.3 is 5.97 Å². The van der Waals surface area contributed by atoms with Gasteiger partial charge in [-0.15, -0.1) is 0 Å². The molecule has 0 saturated carbocycles. The highest BCUT2D eigenvalue weighted by molar-refractivity contribution is 14.1. The van der Waals surface area contributed by atoms with E-state index >= 15 is 0 Å². The minimum atomic E-state index is -0.946. The lowest BCUT2D eigenvalue weighted by atomic mass is 10.1. The number of allylic oxidation sites excluding steroid dienone is 1. The summed E-state index contributed by atoms with van der Waals surface area (Å²) in [5.41, 5.74) is 0.232. The average Bonchev–Trinajstić information content (AvgIpc) is 2.32. The smallest absolute Gasteiger partial charge is 0.339 e. The maximum Gasteiger partial charge on any atom is 0.339 e. The maximum absolute atomic E-state index is 11.1. The first-order chi connectivity index (χ1) is 8.16. The number of carbonyl (C=O) groups is 1. The van der Waals surface area contributed by atoms with E-state index in [0.29, 0.717) is 5.75 Å². The van der Waals surface area contributed by atoms with Crippen molar-refractivity contribution in [3.8, 4) is 5.75 Å². The number of aromatic carboxylic acids is 1. The molecule has 2 rings (SSSR count). The largest absolute Gasteiger partial charge is 0.485 e. The van der Waals surface area contributed by atoms with Crippen molar-refractivity contribution in [3.05, 3.63) is 39.5 Å². The van der Waals surface area contributed by atoms with Crippen molar-refractivity contribution in [2.75, 3.05) is 0 Å². The SMILES string of the molecule is O=C(O)c1cc(I)ccc1OC1C=CCCC1. The highest BCUT2D eigenvalue weighted by Crippen LogP contribution is 2.25. The predicted molar refractivity (Wildman–Crippen MR) is 73.5 cm³/mol. The molecule has 90 valence electrons. The van der Waals surface area contributed by atoms with Gasteiger partial charge in [0.05, 0.1) is 0 Å². The molecule has 0 radical (unpaired) electrons. The number of ether oxygens (including phenoxy) is 1. The Labute approximate surface area is 114 Å². The number of carboxylic acids is 1. The van der Waals surface area contributed by atoms with Crippen molar-refractivity contribution in [2.24, 2.45) is 0 Å². The van der Waals surface area contributed by atoms with Gasteiger partial charge in [-0.25, -0.2) is 4.79 Å². The summed E-state index contributed by atoms with van der Waals surface area (Å²) in [5.74, 6) is -0.493. The zero-order valence-corrected chi connectivity index (χ0v) is 11.4. The van der Waals surface area contributed by atoms with Gasteiger partial charge < -0.3 is 9.84 Å². The van der Waals surface area contributed by atoms with Crippen LogP contribution in [0.3, 0.4) is 0 Å². The molecule has 17 heavy (non-hydrogen) atoms. The Balaban J connectivity index is 2.22. The first-order valence-electron chi connectivity index (χ1n) is 5.53. The Hall–Kier alpha value is -1.04. The topological polar surface area (TPSA) is 46.5 Å². The molecule has 0 aliphatic heterocycles. The number of carboxylic acid groups (broad SMARTS) is 1. The summed E-state index contributed by atoms with van der Waals surface area (Å²) >= 11 is 2.09. The van der Waals surface area contributed by atoms with Crippen LogP contribution in [0.2, 0.25) is 0 Å². The van der Waals surface area contributed by atoms with Crippen LogP contribution in [0.4, 0.5) is 0 Å². The van der Waals surface area contributed by atoms with Gasteiger partial charge in [-0.2, -0.15) is 0 Å². The van der Waals surface area contributed by atoms with E-state index in [0.717, 1.165) is 22.8 Å². The van der Waals surface area contributed by atoms with Crippen molar-refractivity contribution >= 4 is 28.6 Å². The lowest BCUT2D eigenvalue weighted by molar-refractivity contribution is 0.0690. The van der Waals surface area contributed by atoms with Crippen LogP contribution < -0.4 is 4.74 Å².